The van der Waals surface area contributed by atoms with E-state index in [-0.39, 0.29) is 0 Å². The average molecular weight is 279 g/mol. The number of nitrogens with zero attached hydrogens (tertiary/aromatic N) is 2. The van der Waals surface area contributed by atoms with E-state index in [0.717, 1.165) is 23.3 Å². The molecule has 3 rings (SSSR count). The van der Waals surface area contributed by atoms with Crippen molar-refractivity contribution < 1.29 is 0 Å². The number of hydrogen-bond donors (Lipinski definition) is 1. The molecule has 1 aromatic heterocycles. The van der Waals surface area contributed by atoms with Crippen LogP contribution in [0.25, 0.3) is 10.9 Å². The van der Waals surface area contributed by atoms with E-state index in [2.05, 4.69) is 44.1 Å². The van der Waals surface area contributed by atoms with Gasteiger partial charge < -0.3 is 5.32 Å². The van der Waals surface area contributed by atoms with Crippen LogP contribution in [-0.2, 0) is 0 Å². The third-order valence-electron chi connectivity index (χ3n) is 5.64. The van der Waals surface area contributed by atoms with E-state index >= 15 is 0 Å². The summed E-state index contributed by atoms with van der Waals surface area (Å²) in [4.78, 5) is 4.62. The molecule has 1 aliphatic carbocycles. The molecule has 21 heavy (non-hydrogen) atoms. The highest BCUT2D eigenvalue weighted by molar-refractivity contribution is 5.86. The molecule has 1 saturated carbocycles. The van der Waals surface area contributed by atoms with Crippen LogP contribution in [0.1, 0.15) is 33.3 Å². The molecule has 0 saturated heterocycles. The quantitative estimate of drug-likeness (QED) is 0.916. The number of nitriles is 1. The second-order valence-corrected chi connectivity index (χ2v) is 7.06. The molecular formula is C18H21N3. The summed E-state index contributed by atoms with van der Waals surface area (Å²) in [5.41, 5.74) is 2.26. The predicted octanol–water partition coefficient (Wildman–Crippen LogP) is 4.20. The fourth-order valence-electron chi connectivity index (χ4n) is 3.41. The molecule has 1 aromatic carbocycles. The lowest BCUT2D eigenvalue weighted by atomic mass is 10.0. The Balaban J connectivity index is 1.85. The summed E-state index contributed by atoms with van der Waals surface area (Å²) in [6.07, 6.45) is 0. The number of para-hydroxylation sites is 1. The average Bonchev–Trinajstić information content (AvgIpc) is 2.85. The first-order valence-corrected chi connectivity index (χ1v) is 7.41. The zero-order chi connectivity index (χ0) is 15.3. The molecular weight excluding hydrogens is 258 g/mol. The van der Waals surface area contributed by atoms with Crippen LogP contribution in [0.4, 0.5) is 5.82 Å². The first-order chi connectivity index (χ1) is 9.88. The lowest BCUT2D eigenvalue weighted by Crippen LogP contribution is -2.09. The molecule has 1 aliphatic rings. The smallest absolute Gasteiger partial charge is 0.127 e. The third-order valence-corrected chi connectivity index (χ3v) is 5.64. The molecule has 108 valence electrons. The summed E-state index contributed by atoms with van der Waals surface area (Å²) in [5, 5.41) is 13.6. The lowest BCUT2D eigenvalue weighted by Gasteiger charge is -2.09. The largest absolute Gasteiger partial charge is 0.370 e. The zero-order valence-corrected chi connectivity index (χ0v) is 13.1. The molecule has 0 atom stereocenters. The first-order valence-electron chi connectivity index (χ1n) is 7.41. The number of hydrogen-bond acceptors (Lipinski definition) is 3. The number of rotatable bonds is 3. The molecule has 1 N–H and O–H groups in total. The Morgan fingerprint density at radius 3 is 2.48 bits per heavy atom. The molecule has 0 spiro atoms. The van der Waals surface area contributed by atoms with E-state index in [1.54, 1.807) is 0 Å². The Labute approximate surface area is 126 Å². The van der Waals surface area contributed by atoms with Crippen LogP contribution >= 0.6 is 0 Å². The molecule has 3 nitrogen and oxygen atoms in total. The van der Waals surface area contributed by atoms with Gasteiger partial charge in [0.05, 0.1) is 17.1 Å². The van der Waals surface area contributed by atoms with E-state index in [0.29, 0.717) is 22.3 Å². The maximum atomic E-state index is 9.31. The maximum absolute atomic E-state index is 9.31. The van der Waals surface area contributed by atoms with Gasteiger partial charge in [-0.2, -0.15) is 5.26 Å². The number of benzene rings is 1. The highest BCUT2D eigenvalue weighted by Crippen LogP contribution is 2.68. The first kappa shape index (κ1) is 13.9. The Kier molecular flexibility index (Phi) is 2.95. The van der Waals surface area contributed by atoms with Gasteiger partial charge in [0, 0.05) is 11.9 Å². The van der Waals surface area contributed by atoms with Crippen LogP contribution in [0, 0.1) is 28.1 Å². The minimum atomic E-state index is 0.356. The van der Waals surface area contributed by atoms with Crippen molar-refractivity contribution in [1.82, 2.24) is 4.98 Å². The molecule has 3 heteroatoms. The van der Waals surface area contributed by atoms with Crippen LogP contribution < -0.4 is 5.32 Å². The van der Waals surface area contributed by atoms with Crippen molar-refractivity contribution in [2.24, 2.45) is 16.7 Å². The summed E-state index contributed by atoms with van der Waals surface area (Å²) in [6.45, 7) is 10.2. The molecule has 2 aromatic rings. The number of anilines is 1. The van der Waals surface area contributed by atoms with Gasteiger partial charge in [0.25, 0.3) is 0 Å². The van der Waals surface area contributed by atoms with Crippen molar-refractivity contribution >= 4 is 16.7 Å². The van der Waals surface area contributed by atoms with E-state index in [4.69, 9.17) is 0 Å². The van der Waals surface area contributed by atoms with Crippen molar-refractivity contribution in [2.75, 3.05) is 11.9 Å². The predicted molar refractivity (Wildman–Crippen MR) is 86.0 cm³/mol. The van der Waals surface area contributed by atoms with Gasteiger partial charge in [0.2, 0.25) is 0 Å². The van der Waals surface area contributed by atoms with Crippen LogP contribution in [0.3, 0.4) is 0 Å². The van der Waals surface area contributed by atoms with E-state index in [9.17, 15) is 5.26 Å². The number of aromatic nitrogens is 1. The fraction of sp³-hybridized carbons (Fsp3) is 0.444. The third kappa shape index (κ3) is 2.06. The lowest BCUT2D eigenvalue weighted by molar-refractivity contribution is 0.457. The molecule has 0 bridgehead atoms. The van der Waals surface area contributed by atoms with Gasteiger partial charge in [-0.15, -0.1) is 0 Å². The SMILES string of the molecule is CC1(C)C(CNc2cc(C#N)c3ccccc3n2)C1(C)C. The number of pyridine rings is 1. The Hall–Kier alpha value is -2.08. The Bertz CT molecular complexity index is 724. The molecule has 0 aliphatic heterocycles. The Morgan fingerprint density at radius 1 is 1.19 bits per heavy atom. The summed E-state index contributed by atoms with van der Waals surface area (Å²) in [5.74, 6) is 1.42. The highest BCUT2D eigenvalue weighted by atomic mass is 15.0. The fourth-order valence-corrected chi connectivity index (χ4v) is 3.41. The number of nitrogens with one attached hydrogen (secondary N) is 1. The summed E-state index contributed by atoms with van der Waals surface area (Å²) in [6, 6.07) is 11.9. The van der Waals surface area contributed by atoms with Crippen molar-refractivity contribution in [2.45, 2.75) is 27.7 Å². The Morgan fingerprint density at radius 2 is 1.86 bits per heavy atom. The van der Waals surface area contributed by atoms with Gasteiger partial charge in [0.15, 0.2) is 0 Å². The highest BCUT2D eigenvalue weighted by Gasteiger charge is 2.64. The number of fused-ring (bicyclic) bond motifs is 1. The topological polar surface area (TPSA) is 48.7 Å². The van der Waals surface area contributed by atoms with Gasteiger partial charge in [-0.05, 0) is 28.9 Å². The normalized spacial score (nSPS) is 19.2. The molecule has 1 heterocycles. The van der Waals surface area contributed by atoms with E-state index < -0.39 is 0 Å². The van der Waals surface area contributed by atoms with Crippen LogP contribution in [0.2, 0.25) is 0 Å². The molecule has 0 amide bonds. The minimum Gasteiger partial charge on any atom is -0.370 e. The van der Waals surface area contributed by atoms with E-state index in [1.807, 2.05) is 30.3 Å². The summed E-state index contributed by atoms with van der Waals surface area (Å²) < 4.78 is 0. The standard InChI is InChI=1S/C18H21N3/c1-17(2)15(18(17,3)4)11-20-16-9-12(10-19)13-7-5-6-8-14(13)21-16/h5-9,15H,11H2,1-4H3,(H,20,21). The minimum absolute atomic E-state index is 0.356. The van der Waals surface area contributed by atoms with Gasteiger partial charge >= 0.3 is 0 Å². The van der Waals surface area contributed by atoms with Crippen LogP contribution in [0.5, 0.6) is 0 Å². The van der Waals surface area contributed by atoms with Gasteiger partial charge in [-0.25, -0.2) is 4.98 Å². The maximum Gasteiger partial charge on any atom is 0.127 e. The monoisotopic (exact) mass is 279 g/mol. The van der Waals surface area contributed by atoms with Crippen molar-refractivity contribution in [3.8, 4) is 6.07 Å². The van der Waals surface area contributed by atoms with Crippen LogP contribution in [-0.4, -0.2) is 11.5 Å². The van der Waals surface area contributed by atoms with Gasteiger partial charge in [-0.3, -0.25) is 0 Å². The van der Waals surface area contributed by atoms with Gasteiger partial charge in [-0.1, -0.05) is 45.9 Å². The van der Waals surface area contributed by atoms with Gasteiger partial charge in [0.1, 0.15) is 5.82 Å². The zero-order valence-electron chi connectivity index (χ0n) is 13.1. The van der Waals surface area contributed by atoms with Crippen molar-refractivity contribution in [3.05, 3.63) is 35.9 Å². The molecule has 0 unspecified atom stereocenters. The second-order valence-electron chi connectivity index (χ2n) is 7.06. The summed E-state index contributed by atoms with van der Waals surface area (Å²) >= 11 is 0. The second kappa shape index (κ2) is 4.46. The molecule has 0 radical (unpaired) electrons. The van der Waals surface area contributed by atoms with Crippen molar-refractivity contribution in [3.63, 3.8) is 0 Å². The van der Waals surface area contributed by atoms with E-state index in [1.165, 1.54) is 0 Å². The molecule has 1 fully saturated rings. The van der Waals surface area contributed by atoms with Crippen molar-refractivity contribution in [1.29, 1.82) is 5.26 Å². The summed E-state index contributed by atoms with van der Waals surface area (Å²) in [7, 11) is 0. The van der Waals surface area contributed by atoms with Crippen LogP contribution in [0.15, 0.2) is 30.3 Å².